The van der Waals surface area contributed by atoms with Gasteiger partial charge in [-0.05, 0) is 39.8 Å². The summed E-state index contributed by atoms with van der Waals surface area (Å²) in [6.07, 6.45) is -2.96. The lowest BCUT2D eigenvalue weighted by Gasteiger charge is -2.35. The first kappa shape index (κ1) is 16.5. The van der Waals surface area contributed by atoms with Crippen molar-refractivity contribution < 1.29 is 18.0 Å². The zero-order chi connectivity index (χ0) is 15.6. The van der Waals surface area contributed by atoms with E-state index in [1.165, 1.54) is 0 Å². The van der Waals surface area contributed by atoms with Crippen molar-refractivity contribution in [3.05, 3.63) is 0 Å². The summed E-state index contributed by atoms with van der Waals surface area (Å²) in [4.78, 5) is 16.6. The number of nitrogens with zero attached hydrogens (tertiary/aromatic N) is 2. The SMILES string of the molecule is CC1CN(C)CCCN1C(=O)C1CCC(C(F)(F)F)CN1. The Kier molecular flexibility index (Phi) is 5.14. The molecule has 4 nitrogen and oxygen atoms in total. The summed E-state index contributed by atoms with van der Waals surface area (Å²) in [7, 11) is 2.03. The number of hydrogen-bond donors (Lipinski definition) is 1. The molecule has 2 fully saturated rings. The van der Waals surface area contributed by atoms with Crippen molar-refractivity contribution in [2.24, 2.45) is 5.92 Å². The van der Waals surface area contributed by atoms with Gasteiger partial charge in [-0.3, -0.25) is 4.79 Å². The normalized spacial score (nSPS) is 32.8. The van der Waals surface area contributed by atoms with Crippen molar-refractivity contribution in [2.75, 3.05) is 33.2 Å². The second-order valence-electron chi connectivity index (χ2n) is 6.27. The lowest BCUT2D eigenvalue weighted by atomic mass is 9.93. The van der Waals surface area contributed by atoms with E-state index in [9.17, 15) is 18.0 Å². The van der Waals surface area contributed by atoms with Crippen LogP contribution in [0.1, 0.15) is 26.2 Å². The van der Waals surface area contributed by atoms with Gasteiger partial charge in [-0.15, -0.1) is 0 Å². The number of halogens is 3. The molecule has 2 aliphatic heterocycles. The molecule has 21 heavy (non-hydrogen) atoms. The summed E-state index contributed by atoms with van der Waals surface area (Å²) in [5.41, 5.74) is 0. The number of hydrogen-bond acceptors (Lipinski definition) is 3. The molecule has 0 saturated carbocycles. The maximum absolute atomic E-state index is 12.6. The van der Waals surface area contributed by atoms with Gasteiger partial charge in [0.1, 0.15) is 0 Å². The second-order valence-corrected chi connectivity index (χ2v) is 6.27. The number of amides is 1. The van der Waals surface area contributed by atoms with Crippen molar-refractivity contribution in [2.45, 2.75) is 44.4 Å². The molecule has 0 aliphatic carbocycles. The minimum absolute atomic E-state index is 0.0367. The molecule has 1 amide bonds. The van der Waals surface area contributed by atoms with Crippen LogP contribution in [0.3, 0.4) is 0 Å². The smallest absolute Gasteiger partial charge is 0.337 e. The van der Waals surface area contributed by atoms with E-state index in [4.69, 9.17) is 0 Å². The fourth-order valence-corrected chi connectivity index (χ4v) is 3.25. The molecular weight excluding hydrogens is 283 g/mol. The van der Waals surface area contributed by atoms with Gasteiger partial charge in [0.05, 0.1) is 12.0 Å². The third-order valence-corrected chi connectivity index (χ3v) is 4.51. The zero-order valence-electron chi connectivity index (χ0n) is 12.6. The van der Waals surface area contributed by atoms with E-state index in [2.05, 4.69) is 10.2 Å². The first-order chi connectivity index (χ1) is 9.79. The maximum atomic E-state index is 12.6. The minimum Gasteiger partial charge on any atom is -0.337 e. The Morgan fingerprint density at radius 1 is 1.24 bits per heavy atom. The number of carbonyl (C=O) groups is 1. The number of carbonyl (C=O) groups excluding carboxylic acids is 1. The quantitative estimate of drug-likeness (QED) is 0.797. The highest BCUT2D eigenvalue weighted by Gasteiger charge is 2.43. The van der Waals surface area contributed by atoms with Gasteiger partial charge in [0, 0.05) is 25.7 Å². The van der Waals surface area contributed by atoms with Crippen LogP contribution in [0.5, 0.6) is 0 Å². The van der Waals surface area contributed by atoms with E-state index >= 15 is 0 Å². The van der Waals surface area contributed by atoms with E-state index in [1.54, 1.807) is 0 Å². The van der Waals surface area contributed by atoms with Crippen LogP contribution in [0.2, 0.25) is 0 Å². The average molecular weight is 307 g/mol. The topological polar surface area (TPSA) is 35.6 Å². The molecule has 1 N–H and O–H groups in total. The first-order valence-corrected chi connectivity index (χ1v) is 7.58. The highest BCUT2D eigenvalue weighted by molar-refractivity contribution is 5.82. The molecule has 0 bridgehead atoms. The number of rotatable bonds is 1. The van der Waals surface area contributed by atoms with Gasteiger partial charge in [-0.25, -0.2) is 0 Å². The van der Waals surface area contributed by atoms with Gasteiger partial charge in [0.15, 0.2) is 0 Å². The fraction of sp³-hybridized carbons (Fsp3) is 0.929. The lowest BCUT2D eigenvalue weighted by molar-refractivity contribution is -0.181. The molecule has 0 aromatic rings. The Balaban J connectivity index is 1.92. The van der Waals surface area contributed by atoms with Crippen LogP contribution in [-0.2, 0) is 4.79 Å². The first-order valence-electron chi connectivity index (χ1n) is 7.58. The van der Waals surface area contributed by atoms with Crippen LogP contribution in [0.4, 0.5) is 13.2 Å². The van der Waals surface area contributed by atoms with E-state index < -0.39 is 18.1 Å². The van der Waals surface area contributed by atoms with Crippen LogP contribution in [0.15, 0.2) is 0 Å². The van der Waals surface area contributed by atoms with Gasteiger partial charge < -0.3 is 15.1 Å². The Labute approximate surface area is 123 Å². The Bertz CT molecular complexity index is 367. The molecule has 2 aliphatic rings. The second kappa shape index (κ2) is 6.52. The monoisotopic (exact) mass is 307 g/mol. The molecule has 2 heterocycles. The molecule has 7 heteroatoms. The van der Waals surface area contributed by atoms with Crippen molar-refractivity contribution in [3.8, 4) is 0 Å². The summed E-state index contributed by atoms with van der Waals surface area (Å²) in [6, 6.07) is -0.360. The summed E-state index contributed by atoms with van der Waals surface area (Å²) in [5, 5.41) is 2.80. The van der Waals surface area contributed by atoms with E-state index in [0.29, 0.717) is 6.54 Å². The maximum Gasteiger partial charge on any atom is 0.393 e. The van der Waals surface area contributed by atoms with Gasteiger partial charge in [0.2, 0.25) is 5.91 Å². The van der Waals surface area contributed by atoms with E-state index in [1.807, 2.05) is 18.9 Å². The van der Waals surface area contributed by atoms with Gasteiger partial charge in [-0.2, -0.15) is 13.2 Å². The minimum atomic E-state index is -4.17. The predicted octanol–water partition coefficient (Wildman–Crippen LogP) is 1.47. The highest BCUT2D eigenvalue weighted by atomic mass is 19.4. The van der Waals surface area contributed by atoms with Crippen molar-refractivity contribution in [1.82, 2.24) is 15.1 Å². The molecule has 2 saturated heterocycles. The largest absolute Gasteiger partial charge is 0.393 e. The van der Waals surface area contributed by atoms with Crippen LogP contribution < -0.4 is 5.32 Å². The summed E-state index contributed by atoms with van der Waals surface area (Å²) >= 11 is 0. The molecule has 122 valence electrons. The molecule has 3 unspecified atom stereocenters. The molecule has 0 aromatic heterocycles. The van der Waals surface area contributed by atoms with Gasteiger partial charge in [-0.1, -0.05) is 0 Å². The fourth-order valence-electron chi connectivity index (χ4n) is 3.25. The molecule has 3 atom stereocenters. The summed E-state index contributed by atoms with van der Waals surface area (Å²) in [5.74, 6) is -1.37. The van der Waals surface area contributed by atoms with E-state index in [-0.39, 0.29) is 31.3 Å². The van der Waals surface area contributed by atoms with Crippen LogP contribution in [0, 0.1) is 5.92 Å². The van der Waals surface area contributed by atoms with Gasteiger partial charge >= 0.3 is 6.18 Å². The van der Waals surface area contributed by atoms with Crippen LogP contribution in [0.25, 0.3) is 0 Å². The zero-order valence-corrected chi connectivity index (χ0v) is 12.6. The van der Waals surface area contributed by atoms with Crippen molar-refractivity contribution >= 4 is 5.91 Å². The number of alkyl halides is 3. The molecule has 0 spiro atoms. The Morgan fingerprint density at radius 3 is 2.52 bits per heavy atom. The average Bonchev–Trinajstić information content (AvgIpc) is 2.58. The van der Waals surface area contributed by atoms with Crippen LogP contribution >= 0.6 is 0 Å². The van der Waals surface area contributed by atoms with Crippen molar-refractivity contribution in [3.63, 3.8) is 0 Å². The van der Waals surface area contributed by atoms with Gasteiger partial charge in [0.25, 0.3) is 0 Å². The number of likely N-dealkylation sites (N-methyl/N-ethyl adjacent to an activating group) is 1. The number of nitrogens with one attached hydrogen (secondary N) is 1. The predicted molar refractivity (Wildman–Crippen MR) is 73.9 cm³/mol. The highest BCUT2D eigenvalue weighted by Crippen LogP contribution is 2.32. The molecule has 0 aromatic carbocycles. The van der Waals surface area contributed by atoms with Crippen molar-refractivity contribution in [1.29, 1.82) is 0 Å². The van der Waals surface area contributed by atoms with Crippen LogP contribution in [-0.4, -0.2) is 67.2 Å². The summed E-state index contributed by atoms with van der Waals surface area (Å²) in [6.45, 7) is 4.29. The molecule has 2 rings (SSSR count). The number of piperidine rings is 1. The molecular formula is C14H24F3N3O. The standard InChI is InChI=1S/C14H24F3N3O/c1-10-9-19(2)6-3-7-20(10)13(21)12-5-4-11(8-18-12)14(15,16)17/h10-12,18H,3-9H2,1-2H3. The Morgan fingerprint density at radius 2 is 1.95 bits per heavy atom. The molecule has 0 radical (unpaired) electrons. The third-order valence-electron chi connectivity index (χ3n) is 4.51. The third kappa shape index (κ3) is 4.10. The summed E-state index contributed by atoms with van der Waals surface area (Å²) < 4.78 is 37.9. The Hall–Kier alpha value is -0.820. The van der Waals surface area contributed by atoms with E-state index in [0.717, 1.165) is 19.5 Å². The lowest BCUT2D eigenvalue weighted by Crippen LogP contribution is -2.55.